The van der Waals surface area contributed by atoms with E-state index in [9.17, 15) is 9.18 Å². The third-order valence-electron chi connectivity index (χ3n) is 4.27. The molecule has 1 fully saturated rings. The average molecular weight is 302 g/mol. The van der Waals surface area contributed by atoms with Crippen molar-refractivity contribution >= 4 is 5.91 Å². The van der Waals surface area contributed by atoms with Crippen molar-refractivity contribution in [2.24, 2.45) is 0 Å². The maximum Gasteiger partial charge on any atom is 0.259 e. The summed E-state index contributed by atoms with van der Waals surface area (Å²) < 4.78 is 18.3. The largest absolute Gasteiger partial charge is 0.361 e. The fourth-order valence-electron chi connectivity index (χ4n) is 3.14. The van der Waals surface area contributed by atoms with Crippen molar-refractivity contribution in [3.63, 3.8) is 0 Å². The number of piperidine rings is 1. The van der Waals surface area contributed by atoms with E-state index in [1.54, 1.807) is 26.0 Å². The topological polar surface area (TPSA) is 46.3 Å². The van der Waals surface area contributed by atoms with Gasteiger partial charge in [0, 0.05) is 6.54 Å². The number of amides is 1. The summed E-state index contributed by atoms with van der Waals surface area (Å²) in [6, 6.07) is 6.40. The minimum Gasteiger partial charge on any atom is -0.361 e. The van der Waals surface area contributed by atoms with E-state index in [1.807, 2.05) is 4.90 Å². The molecule has 2 heterocycles. The van der Waals surface area contributed by atoms with Crippen molar-refractivity contribution in [2.45, 2.75) is 39.2 Å². The minimum absolute atomic E-state index is 0.0180. The van der Waals surface area contributed by atoms with Crippen molar-refractivity contribution in [2.75, 3.05) is 6.54 Å². The summed E-state index contributed by atoms with van der Waals surface area (Å²) >= 11 is 0. The molecule has 3 rings (SSSR count). The van der Waals surface area contributed by atoms with Gasteiger partial charge in [0.05, 0.1) is 11.7 Å². The molecule has 1 aromatic heterocycles. The SMILES string of the molecule is Cc1noc(C)c1C(=O)N1CCCCC1c1ccc(F)cc1. The summed E-state index contributed by atoms with van der Waals surface area (Å²) in [5, 5.41) is 3.87. The van der Waals surface area contributed by atoms with Crippen molar-refractivity contribution in [1.82, 2.24) is 10.1 Å². The van der Waals surface area contributed by atoms with Crippen LogP contribution >= 0.6 is 0 Å². The Morgan fingerprint density at radius 2 is 2.00 bits per heavy atom. The third kappa shape index (κ3) is 2.63. The highest BCUT2D eigenvalue weighted by atomic mass is 19.1. The van der Waals surface area contributed by atoms with Gasteiger partial charge in [-0.3, -0.25) is 4.79 Å². The van der Waals surface area contributed by atoms with Gasteiger partial charge in [0.2, 0.25) is 0 Å². The van der Waals surface area contributed by atoms with Gasteiger partial charge in [-0.15, -0.1) is 0 Å². The molecule has 0 N–H and O–H groups in total. The fraction of sp³-hybridized carbons (Fsp3) is 0.412. The smallest absolute Gasteiger partial charge is 0.259 e. The van der Waals surface area contributed by atoms with Gasteiger partial charge < -0.3 is 9.42 Å². The number of aromatic nitrogens is 1. The number of hydrogen-bond donors (Lipinski definition) is 0. The normalized spacial score (nSPS) is 18.5. The van der Waals surface area contributed by atoms with Crippen LogP contribution in [0, 0.1) is 19.7 Å². The molecule has 0 spiro atoms. The Bertz CT molecular complexity index is 659. The number of hydrogen-bond acceptors (Lipinski definition) is 3. The molecule has 0 bridgehead atoms. The number of nitrogens with zero attached hydrogens (tertiary/aromatic N) is 2. The van der Waals surface area contributed by atoms with E-state index in [0.717, 1.165) is 24.8 Å². The van der Waals surface area contributed by atoms with Crippen LogP contribution in [-0.2, 0) is 0 Å². The zero-order chi connectivity index (χ0) is 15.7. The summed E-state index contributed by atoms with van der Waals surface area (Å²) in [5.74, 6) is 0.236. The number of carbonyl (C=O) groups is 1. The Morgan fingerprint density at radius 3 is 2.64 bits per heavy atom. The molecule has 2 aromatic rings. The Labute approximate surface area is 128 Å². The second-order valence-electron chi connectivity index (χ2n) is 5.76. The molecular weight excluding hydrogens is 283 g/mol. The molecule has 1 aliphatic rings. The molecule has 116 valence electrons. The molecule has 22 heavy (non-hydrogen) atoms. The van der Waals surface area contributed by atoms with Crippen LogP contribution < -0.4 is 0 Å². The Kier molecular flexibility index (Phi) is 3.96. The van der Waals surface area contributed by atoms with Crippen LogP contribution in [0.3, 0.4) is 0 Å². The van der Waals surface area contributed by atoms with Crippen LogP contribution in [0.1, 0.15) is 52.7 Å². The van der Waals surface area contributed by atoms with Crippen LogP contribution in [0.15, 0.2) is 28.8 Å². The van der Waals surface area contributed by atoms with E-state index >= 15 is 0 Å². The molecule has 1 unspecified atom stereocenters. The van der Waals surface area contributed by atoms with Crippen LogP contribution in [-0.4, -0.2) is 22.5 Å². The summed E-state index contributed by atoms with van der Waals surface area (Å²) in [4.78, 5) is 14.8. The van der Waals surface area contributed by atoms with Gasteiger partial charge in [0.15, 0.2) is 0 Å². The van der Waals surface area contributed by atoms with Crippen molar-refractivity contribution < 1.29 is 13.7 Å². The number of carbonyl (C=O) groups excluding carboxylic acids is 1. The van der Waals surface area contributed by atoms with E-state index < -0.39 is 0 Å². The molecule has 1 amide bonds. The first-order chi connectivity index (χ1) is 10.6. The van der Waals surface area contributed by atoms with Crippen molar-refractivity contribution in [3.05, 3.63) is 52.7 Å². The van der Waals surface area contributed by atoms with Crippen molar-refractivity contribution in [3.8, 4) is 0 Å². The molecule has 4 nitrogen and oxygen atoms in total. The van der Waals surface area contributed by atoms with Gasteiger partial charge >= 0.3 is 0 Å². The van der Waals surface area contributed by atoms with Gasteiger partial charge in [-0.1, -0.05) is 17.3 Å². The van der Waals surface area contributed by atoms with E-state index in [0.29, 0.717) is 23.6 Å². The molecule has 1 aliphatic heterocycles. The fourth-order valence-corrected chi connectivity index (χ4v) is 3.14. The van der Waals surface area contributed by atoms with Gasteiger partial charge in [0.25, 0.3) is 5.91 Å². The lowest BCUT2D eigenvalue weighted by atomic mass is 9.94. The molecule has 5 heteroatoms. The van der Waals surface area contributed by atoms with E-state index in [-0.39, 0.29) is 17.8 Å². The lowest BCUT2D eigenvalue weighted by Crippen LogP contribution is -2.38. The van der Waals surface area contributed by atoms with E-state index in [4.69, 9.17) is 4.52 Å². The number of aryl methyl sites for hydroxylation is 2. The number of benzene rings is 1. The molecular formula is C17H19FN2O2. The third-order valence-corrected chi connectivity index (χ3v) is 4.27. The van der Waals surface area contributed by atoms with Crippen LogP contribution in [0.5, 0.6) is 0 Å². The van der Waals surface area contributed by atoms with Gasteiger partial charge in [0.1, 0.15) is 17.1 Å². The first-order valence-corrected chi connectivity index (χ1v) is 7.57. The predicted octanol–water partition coefficient (Wildman–Crippen LogP) is 3.80. The second-order valence-corrected chi connectivity index (χ2v) is 5.76. The standard InChI is InChI=1S/C17H19FN2O2/c1-11-16(12(2)22-19-11)17(21)20-10-4-3-5-15(20)13-6-8-14(18)9-7-13/h6-9,15H,3-5,10H2,1-2H3. The van der Waals surface area contributed by atoms with Crippen LogP contribution in [0.4, 0.5) is 4.39 Å². The summed E-state index contributed by atoms with van der Waals surface area (Å²) in [6.45, 7) is 4.23. The number of likely N-dealkylation sites (tertiary alicyclic amines) is 1. The monoisotopic (exact) mass is 302 g/mol. The molecule has 1 atom stereocenters. The highest BCUT2D eigenvalue weighted by molar-refractivity contribution is 5.96. The van der Waals surface area contributed by atoms with Gasteiger partial charge in [-0.2, -0.15) is 0 Å². The van der Waals surface area contributed by atoms with Gasteiger partial charge in [-0.05, 0) is 50.8 Å². The minimum atomic E-state index is -0.261. The Hall–Kier alpha value is -2.17. The Balaban J connectivity index is 1.93. The van der Waals surface area contributed by atoms with Crippen molar-refractivity contribution in [1.29, 1.82) is 0 Å². The number of rotatable bonds is 2. The van der Waals surface area contributed by atoms with Gasteiger partial charge in [-0.25, -0.2) is 4.39 Å². The second kappa shape index (κ2) is 5.91. The first kappa shape index (κ1) is 14.8. The summed E-state index contributed by atoms with van der Waals surface area (Å²) in [5.41, 5.74) is 2.14. The molecule has 1 aromatic carbocycles. The average Bonchev–Trinajstić information content (AvgIpc) is 2.86. The highest BCUT2D eigenvalue weighted by Gasteiger charge is 2.31. The number of halogens is 1. The van der Waals surface area contributed by atoms with E-state index in [1.165, 1.54) is 12.1 Å². The lowest BCUT2D eigenvalue weighted by molar-refractivity contribution is 0.0609. The lowest BCUT2D eigenvalue weighted by Gasteiger charge is -2.36. The summed E-state index contributed by atoms with van der Waals surface area (Å²) in [6.07, 6.45) is 2.93. The van der Waals surface area contributed by atoms with Crippen LogP contribution in [0.2, 0.25) is 0 Å². The molecule has 0 saturated carbocycles. The molecule has 1 saturated heterocycles. The predicted molar refractivity (Wildman–Crippen MR) is 80.0 cm³/mol. The highest BCUT2D eigenvalue weighted by Crippen LogP contribution is 2.33. The molecule has 0 aliphatic carbocycles. The summed E-state index contributed by atoms with van der Waals surface area (Å²) in [7, 11) is 0. The maximum atomic E-state index is 13.1. The van der Waals surface area contributed by atoms with E-state index in [2.05, 4.69) is 5.16 Å². The zero-order valence-electron chi connectivity index (χ0n) is 12.8. The molecule has 0 radical (unpaired) electrons. The van der Waals surface area contributed by atoms with Crippen LogP contribution in [0.25, 0.3) is 0 Å². The quantitative estimate of drug-likeness (QED) is 0.847. The zero-order valence-corrected chi connectivity index (χ0v) is 12.8. The maximum absolute atomic E-state index is 13.1. The first-order valence-electron chi connectivity index (χ1n) is 7.57. The Morgan fingerprint density at radius 1 is 1.27 bits per heavy atom.